The number of hydrogen-bond donors (Lipinski definition) is 0. The van der Waals surface area contributed by atoms with Crippen molar-refractivity contribution in [3.05, 3.63) is 11.6 Å². The molecule has 0 heterocycles. The molecule has 1 heteroatoms. The van der Waals surface area contributed by atoms with Gasteiger partial charge in [0.2, 0.25) is 0 Å². The summed E-state index contributed by atoms with van der Waals surface area (Å²) < 4.78 is 0. The van der Waals surface area contributed by atoms with Gasteiger partial charge in [-0.1, -0.05) is 46.1 Å². The maximum absolute atomic E-state index is 12.0. The molecular weight excluding hydrogens is 304 g/mol. The van der Waals surface area contributed by atoms with E-state index < -0.39 is 0 Å². The third-order valence-electron chi connectivity index (χ3n) is 9.47. The van der Waals surface area contributed by atoms with E-state index in [9.17, 15) is 4.79 Å². The third-order valence-corrected chi connectivity index (χ3v) is 9.47. The molecule has 4 aliphatic rings. The van der Waals surface area contributed by atoms with Crippen molar-refractivity contribution < 1.29 is 4.79 Å². The van der Waals surface area contributed by atoms with Gasteiger partial charge >= 0.3 is 0 Å². The van der Waals surface area contributed by atoms with Gasteiger partial charge < -0.3 is 0 Å². The van der Waals surface area contributed by atoms with Gasteiger partial charge in [-0.05, 0) is 91.4 Å². The molecule has 0 bridgehead atoms. The van der Waals surface area contributed by atoms with Gasteiger partial charge in [0.1, 0.15) is 0 Å². The Hall–Kier alpha value is -0.590. The van der Waals surface area contributed by atoms with E-state index in [1.807, 2.05) is 6.08 Å². The number of rotatable bonds is 3. The van der Waals surface area contributed by atoms with Gasteiger partial charge in [0, 0.05) is 6.42 Å². The second-order valence-electron chi connectivity index (χ2n) is 10.5. The van der Waals surface area contributed by atoms with Crippen molar-refractivity contribution in [3.63, 3.8) is 0 Å². The first kappa shape index (κ1) is 17.8. The Morgan fingerprint density at radius 1 is 1.08 bits per heavy atom. The molecule has 0 saturated heterocycles. The topological polar surface area (TPSA) is 17.1 Å². The molecule has 1 nitrogen and oxygen atoms in total. The van der Waals surface area contributed by atoms with Crippen molar-refractivity contribution >= 4 is 5.78 Å². The predicted octanol–water partition coefficient (Wildman–Crippen LogP) is 6.57. The lowest BCUT2D eigenvalue weighted by atomic mass is 9.46. The largest absolute Gasteiger partial charge is 0.295 e. The number of fused-ring (bicyclic) bond motifs is 5. The lowest BCUT2D eigenvalue weighted by molar-refractivity contribution is -0.117. The van der Waals surface area contributed by atoms with Gasteiger partial charge in [0.05, 0.1) is 0 Å². The number of allylic oxidation sites excluding steroid dienone is 1. The van der Waals surface area contributed by atoms with Crippen LogP contribution in [0.3, 0.4) is 0 Å². The van der Waals surface area contributed by atoms with Crippen LogP contribution in [0.1, 0.15) is 91.9 Å². The first-order chi connectivity index (χ1) is 11.9. The molecule has 7 atom stereocenters. The van der Waals surface area contributed by atoms with Crippen LogP contribution in [0.25, 0.3) is 0 Å². The zero-order valence-corrected chi connectivity index (χ0v) is 16.9. The van der Waals surface area contributed by atoms with Gasteiger partial charge in [-0.15, -0.1) is 0 Å². The number of ketones is 1. The molecule has 4 aliphatic carbocycles. The second-order valence-corrected chi connectivity index (χ2v) is 10.5. The summed E-state index contributed by atoms with van der Waals surface area (Å²) >= 11 is 0. The molecule has 4 rings (SSSR count). The van der Waals surface area contributed by atoms with E-state index in [0.29, 0.717) is 16.6 Å². The summed E-state index contributed by atoms with van der Waals surface area (Å²) in [5, 5.41) is 0. The molecule has 0 amide bonds. The van der Waals surface area contributed by atoms with Crippen molar-refractivity contribution in [2.75, 3.05) is 0 Å². The Bertz CT molecular complexity index is 575. The van der Waals surface area contributed by atoms with E-state index in [1.54, 1.807) is 0 Å². The third kappa shape index (κ3) is 2.59. The zero-order valence-electron chi connectivity index (χ0n) is 16.9. The fourth-order valence-electron chi connectivity index (χ4n) is 8.19. The monoisotopic (exact) mass is 342 g/mol. The van der Waals surface area contributed by atoms with Crippen molar-refractivity contribution in [3.8, 4) is 0 Å². The van der Waals surface area contributed by atoms with Crippen LogP contribution in [0, 0.1) is 40.4 Å². The first-order valence-electron chi connectivity index (χ1n) is 11.1. The molecule has 0 N–H and O–H groups in total. The average molecular weight is 343 g/mol. The van der Waals surface area contributed by atoms with Crippen molar-refractivity contribution in [1.82, 2.24) is 0 Å². The molecule has 0 spiro atoms. The smallest absolute Gasteiger partial charge is 0.155 e. The highest BCUT2D eigenvalue weighted by atomic mass is 16.1. The summed E-state index contributed by atoms with van der Waals surface area (Å²) in [5.74, 6) is 4.97. The molecule has 0 aliphatic heterocycles. The van der Waals surface area contributed by atoms with Crippen LogP contribution in [-0.2, 0) is 4.79 Å². The Labute approximate surface area is 155 Å². The highest BCUT2D eigenvalue weighted by Crippen LogP contribution is 2.67. The van der Waals surface area contributed by atoms with Crippen LogP contribution in [0.2, 0.25) is 0 Å². The van der Waals surface area contributed by atoms with Crippen LogP contribution in [0.4, 0.5) is 0 Å². The van der Waals surface area contributed by atoms with Gasteiger partial charge in [0.15, 0.2) is 5.78 Å². The highest BCUT2D eigenvalue weighted by Gasteiger charge is 2.59. The van der Waals surface area contributed by atoms with Crippen molar-refractivity contribution in [2.45, 2.75) is 91.9 Å². The molecule has 0 aromatic heterocycles. The summed E-state index contributed by atoms with van der Waals surface area (Å²) in [5.41, 5.74) is 2.45. The fourth-order valence-corrected chi connectivity index (χ4v) is 8.19. The number of hydrogen-bond acceptors (Lipinski definition) is 1. The van der Waals surface area contributed by atoms with Crippen LogP contribution in [-0.4, -0.2) is 5.78 Å². The molecule has 0 unspecified atom stereocenters. The summed E-state index contributed by atoms with van der Waals surface area (Å²) in [7, 11) is 0. The summed E-state index contributed by atoms with van der Waals surface area (Å²) in [6.07, 6.45) is 15.1. The van der Waals surface area contributed by atoms with Crippen LogP contribution < -0.4 is 0 Å². The van der Waals surface area contributed by atoms with Crippen molar-refractivity contribution in [1.29, 1.82) is 0 Å². The lowest BCUT2D eigenvalue weighted by Gasteiger charge is -2.58. The van der Waals surface area contributed by atoms with E-state index in [-0.39, 0.29) is 0 Å². The molecular formula is C24H38O. The lowest BCUT2D eigenvalue weighted by Crippen LogP contribution is -2.50. The molecule has 3 fully saturated rings. The number of carbonyl (C=O) groups is 1. The summed E-state index contributed by atoms with van der Waals surface area (Å²) in [4.78, 5) is 12.0. The van der Waals surface area contributed by atoms with E-state index in [2.05, 4.69) is 27.7 Å². The Kier molecular flexibility index (Phi) is 4.44. The quantitative estimate of drug-likeness (QED) is 0.567. The van der Waals surface area contributed by atoms with E-state index in [4.69, 9.17) is 0 Å². The van der Waals surface area contributed by atoms with Gasteiger partial charge in [-0.3, -0.25) is 4.79 Å². The SMILES string of the molecule is CCC[C@@H](C)[C@H]1CC[C@H]2[C@@H]3CCC4=CC(=O)CC[C@]4(C)[C@H]3CC[C@]12C. The molecule has 0 aromatic rings. The minimum atomic E-state index is 0.339. The molecule has 0 radical (unpaired) electrons. The minimum Gasteiger partial charge on any atom is -0.295 e. The fraction of sp³-hybridized carbons (Fsp3) is 0.875. The van der Waals surface area contributed by atoms with Gasteiger partial charge in [-0.25, -0.2) is 0 Å². The zero-order chi connectivity index (χ0) is 17.8. The maximum Gasteiger partial charge on any atom is 0.155 e. The predicted molar refractivity (Wildman–Crippen MR) is 104 cm³/mol. The summed E-state index contributed by atoms with van der Waals surface area (Å²) in [6, 6.07) is 0. The first-order valence-corrected chi connectivity index (χ1v) is 11.1. The van der Waals surface area contributed by atoms with Crippen molar-refractivity contribution in [2.24, 2.45) is 40.4 Å². The molecule has 140 valence electrons. The molecule has 0 aromatic carbocycles. The standard InChI is InChI=1S/C24H38O/c1-5-6-16(2)20-9-10-21-19-8-7-17-15-18(25)11-13-23(17,3)22(19)12-14-24(20,21)4/h15-16,19-22H,5-14H2,1-4H3/t16-,19+,20-,21+,22+,23+,24-/m1/s1. The van der Waals surface area contributed by atoms with E-state index in [1.165, 1.54) is 56.9 Å². The molecule has 3 saturated carbocycles. The van der Waals surface area contributed by atoms with Gasteiger partial charge in [0.25, 0.3) is 0 Å². The maximum atomic E-state index is 12.0. The average Bonchev–Trinajstić information content (AvgIpc) is 2.93. The Morgan fingerprint density at radius 2 is 1.88 bits per heavy atom. The Morgan fingerprint density at radius 3 is 2.64 bits per heavy atom. The highest BCUT2D eigenvalue weighted by molar-refractivity contribution is 5.91. The molecule has 25 heavy (non-hydrogen) atoms. The Balaban J connectivity index is 1.60. The van der Waals surface area contributed by atoms with Crippen LogP contribution in [0.15, 0.2) is 11.6 Å². The van der Waals surface area contributed by atoms with Gasteiger partial charge in [-0.2, -0.15) is 0 Å². The second kappa shape index (κ2) is 6.24. The normalized spacial score (nSPS) is 47.5. The van der Waals surface area contributed by atoms with E-state index in [0.717, 1.165) is 42.4 Å². The van der Waals surface area contributed by atoms with Crippen LogP contribution in [0.5, 0.6) is 0 Å². The number of carbonyl (C=O) groups excluding carboxylic acids is 1. The summed E-state index contributed by atoms with van der Waals surface area (Å²) in [6.45, 7) is 10.1. The van der Waals surface area contributed by atoms with Crippen LogP contribution >= 0.6 is 0 Å². The van der Waals surface area contributed by atoms with E-state index >= 15 is 0 Å². The minimum absolute atomic E-state index is 0.339.